The van der Waals surface area contributed by atoms with E-state index in [1.54, 1.807) is 18.2 Å². The first-order valence-electron chi connectivity index (χ1n) is 10.3. The summed E-state index contributed by atoms with van der Waals surface area (Å²) in [6, 6.07) is 17.5. The lowest BCUT2D eigenvalue weighted by Gasteiger charge is -2.19. The average molecular weight is 488 g/mol. The lowest BCUT2D eigenvalue weighted by molar-refractivity contribution is -0.0506. The predicted molar refractivity (Wildman–Crippen MR) is 125 cm³/mol. The molecule has 1 aliphatic rings. The van der Waals surface area contributed by atoms with Crippen LogP contribution in [0.15, 0.2) is 65.6 Å². The molecule has 1 aromatic heterocycles. The zero-order valence-electron chi connectivity index (χ0n) is 17.6. The molecular formula is C24H20ClF2N3O2S. The minimum Gasteiger partial charge on any atom is -0.434 e. The topological polar surface area (TPSA) is 68.0 Å². The fourth-order valence-electron chi connectivity index (χ4n) is 4.43. The van der Waals surface area contributed by atoms with Crippen LogP contribution in [0.2, 0.25) is 5.02 Å². The Balaban J connectivity index is 1.60. The van der Waals surface area contributed by atoms with E-state index in [9.17, 15) is 13.0 Å². The van der Waals surface area contributed by atoms with Gasteiger partial charge in [0.1, 0.15) is 11.6 Å². The third kappa shape index (κ3) is 4.09. The number of benzene rings is 3. The van der Waals surface area contributed by atoms with E-state index in [1.165, 1.54) is 18.4 Å². The van der Waals surface area contributed by atoms with Crippen LogP contribution in [0.25, 0.3) is 22.2 Å². The Kier molecular flexibility index (Phi) is 5.37. The van der Waals surface area contributed by atoms with Crippen LogP contribution < -0.4 is 4.74 Å². The number of nitrogens with one attached hydrogen (secondary N) is 1. The Bertz CT molecular complexity index is 1470. The molecule has 0 bridgehead atoms. The molecule has 0 spiro atoms. The minimum atomic E-state index is -2.93. The zero-order valence-corrected chi connectivity index (χ0v) is 19.2. The predicted octanol–water partition coefficient (Wildman–Crippen LogP) is 6.53. The van der Waals surface area contributed by atoms with Crippen LogP contribution in [0.5, 0.6) is 5.75 Å². The van der Waals surface area contributed by atoms with Gasteiger partial charge in [0.25, 0.3) is 0 Å². The molecule has 0 saturated heterocycles. The summed E-state index contributed by atoms with van der Waals surface area (Å²) in [5, 5.41) is 0.451. The van der Waals surface area contributed by atoms with Crippen molar-refractivity contribution in [1.29, 1.82) is 4.78 Å². The van der Waals surface area contributed by atoms with Crippen LogP contribution in [0.4, 0.5) is 8.78 Å². The van der Waals surface area contributed by atoms with E-state index in [-0.39, 0.29) is 11.8 Å². The molecule has 4 aromatic rings. The van der Waals surface area contributed by atoms with Crippen molar-refractivity contribution in [3.05, 3.63) is 77.1 Å². The second kappa shape index (κ2) is 8.11. The number of fused-ring (bicyclic) bond motifs is 3. The van der Waals surface area contributed by atoms with Gasteiger partial charge in [-0.2, -0.15) is 8.78 Å². The monoisotopic (exact) mass is 487 g/mol. The highest BCUT2D eigenvalue weighted by Crippen LogP contribution is 2.41. The van der Waals surface area contributed by atoms with Gasteiger partial charge in [-0.05, 0) is 60.0 Å². The standard InChI is InChI=1S/C24H20ClF2N3O2S/c1-33(28,31)17-6-2-14(3-7-17)15-4-8-19-21(12-15)30-20(9-11-23(30)29-19)18-13-16(25)5-10-22(18)32-24(26)27/h2-8,10,12-13,20,24,28H,9,11H2,1H3/t20-,33+/m1/s1. The maximum Gasteiger partial charge on any atom is 0.387 e. The highest BCUT2D eigenvalue weighted by atomic mass is 35.5. The molecule has 0 radical (unpaired) electrons. The highest BCUT2D eigenvalue weighted by molar-refractivity contribution is 7.91. The van der Waals surface area contributed by atoms with E-state index in [0.717, 1.165) is 28.0 Å². The quantitative estimate of drug-likeness (QED) is 0.348. The number of hydrogen-bond acceptors (Lipinski definition) is 4. The number of aryl methyl sites for hydroxylation is 1. The van der Waals surface area contributed by atoms with Gasteiger partial charge < -0.3 is 9.30 Å². The minimum absolute atomic E-state index is 0.111. The van der Waals surface area contributed by atoms with Gasteiger partial charge in [-0.3, -0.25) is 0 Å². The molecule has 9 heteroatoms. The van der Waals surface area contributed by atoms with Crippen LogP contribution in [-0.4, -0.2) is 26.6 Å². The van der Waals surface area contributed by atoms with Gasteiger partial charge >= 0.3 is 6.61 Å². The third-order valence-electron chi connectivity index (χ3n) is 5.90. The van der Waals surface area contributed by atoms with E-state index in [2.05, 4.69) is 4.57 Å². The Morgan fingerprint density at radius 1 is 1.12 bits per heavy atom. The van der Waals surface area contributed by atoms with Crippen molar-refractivity contribution in [2.24, 2.45) is 0 Å². The van der Waals surface area contributed by atoms with Crippen molar-refractivity contribution in [2.45, 2.75) is 30.4 Å². The number of ether oxygens (including phenoxy) is 1. The molecule has 0 aliphatic carbocycles. The number of halogens is 3. The van der Waals surface area contributed by atoms with Gasteiger partial charge in [0.2, 0.25) is 0 Å². The second-order valence-corrected chi connectivity index (χ2v) is 10.7. The summed E-state index contributed by atoms with van der Waals surface area (Å²) >= 11 is 6.20. The fourth-order valence-corrected chi connectivity index (χ4v) is 5.26. The number of imidazole rings is 1. The van der Waals surface area contributed by atoms with Crippen LogP contribution in [0, 0.1) is 4.78 Å². The summed E-state index contributed by atoms with van der Waals surface area (Å²) in [6.45, 7) is -2.93. The lowest BCUT2D eigenvalue weighted by atomic mass is 10.0. The van der Waals surface area contributed by atoms with Crippen molar-refractivity contribution >= 4 is 32.4 Å². The van der Waals surface area contributed by atoms with Gasteiger partial charge in [0.15, 0.2) is 0 Å². The Morgan fingerprint density at radius 2 is 1.85 bits per heavy atom. The van der Waals surface area contributed by atoms with Gasteiger partial charge in [0.05, 0.1) is 26.8 Å². The smallest absolute Gasteiger partial charge is 0.387 e. The fraction of sp³-hybridized carbons (Fsp3) is 0.208. The molecule has 170 valence electrons. The summed E-state index contributed by atoms with van der Waals surface area (Å²) in [5.41, 5.74) is 4.15. The molecule has 0 fully saturated rings. The summed E-state index contributed by atoms with van der Waals surface area (Å²) in [5.74, 6) is 0.991. The maximum atomic E-state index is 13.0. The zero-order chi connectivity index (χ0) is 23.3. The third-order valence-corrected chi connectivity index (χ3v) is 7.31. The van der Waals surface area contributed by atoms with E-state index >= 15 is 0 Å². The van der Waals surface area contributed by atoms with Crippen molar-refractivity contribution in [3.63, 3.8) is 0 Å². The summed E-state index contributed by atoms with van der Waals surface area (Å²) in [4.78, 5) is 5.22. The molecule has 0 saturated carbocycles. The molecule has 5 rings (SSSR count). The molecule has 1 aliphatic heterocycles. The SMILES string of the molecule is C[S@](=N)(=O)c1ccc(-c2ccc3nc4n(c3c2)[C@@H](c2cc(Cl)ccc2OC(F)F)CC4)cc1. The van der Waals surface area contributed by atoms with Gasteiger partial charge in [-0.1, -0.05) is 29.8 Å². The molecule has 3 aromatic carbocycles. The van der Waals surface area contributed by atoms with Crippen LogP contribution >= 0.6 is 11.6 Å². The number of rotatable bonds is 5. The van der Waals surface area contributed by atoms with Crippen LogP contribution in [0.1, 0.15) is 23.9 Å². The molecule has 2 atom stereocenters. The number of aromatic nitrogens is 2. The van der Waals surface area contributed by atoms with Crippen molar-refractivity contribution in [3.8, 4) is 16.9 Å². The van der Waals surface area contributed by atoms with Crippen LogP contribution in [0.3, 0.4) is 0 Å². The molecule has 33 heavy (non-hydrogen) atoms. The molecule has 2 heterocycles. The Labute approximate surface area is 195 Å². The largest absolute Gasteiger partial charge is 0.434 e. The van der Waals surface area contributed by atoms with E-state index in [0.29, 0.717) is 28.3 Å². The van der Waals surface area contributed by atoms with E-state index < -0.39 is 16.3 Å². The maximum absolute atomic E-state index is 13.0. The molecular weight excluding hydrogens is 468 g/mol. The first-order valence-corrected chi connectivity index (χ1v) is 12.6. The highest BCUT2D eigenvalue weighted by Gasteiger charge is 2.30. The number of nitrogens with zero attached hydrogens (tertiary/aromatic N) is 2. The van der Waals surface area contributed by atoms with Crippen molar-refractivity contribution in [2.75, 3.05) is 6.26 Å². The molecule has 0 amide bonds. The summed E-state index contributed by atoms with van der Waals surface area (Å²) < 4.78 is 52.6. The first-order chi connectivity index (χ1) is 15.7. The number of alkyl halides is 2. The summed E-state index contributed by atoms with van der Waals surface area (Å²) in [6.07, 6.45) is 2.80. The van der Waals surface area contributed by atoms with Crippen LogP contribution in [-0.2, 0) is 16.1 Å². The Morgan fingerprint density at radius 3 is 2.55 bits per heavy atom. The average Bonchev–Trinajstić information content (AvgIpc) is 3.33. The van der Waals surface area contributed by atoms with E-state index in [4.69, 9.17) is 26.1 Å². The summed E-state index contributed by atoms with van der Waals surface area (Å²) in [7, 11) is -2.78. The molecule has 1 N–H and O–H groups in total. The number of hydrogen-bond donors (Lipinski definition) is 1. The Hall–Kier alpha value is -2.97. The molecule has 5 nitrogen and oxygen atoms in total. The molecule has 0 unspecified atom stereocenters. The normalized spacial score (nSPS) is 17.3. The van der Waals surface area contributed by atoms with Gasteiger partial charge in [-0.15, -0.1) is 0 Å². The van der Waals surface area contributed by atoms with Crippen molar-refractivity contribution < 1.29 is 17.7 Å². The van der Waals surface area contributed by atoms with E-state index in [1.807, 2.05) is 30.3 Å². The van der Waals surface area contributed by atoms with Gasteiger partial charge in [0, 0.05) is 28.2 Å². The first kappa shape index (κ1) is 21.9. The van der Waals surface area contributed by atoms with Gasteiger partial charge in [-0.25, -0.2) is 14.0 Å². The lowest BCUT2D eigenvalue weighted by Crippen LogP contribution is -2.10. The van der Waals surface area contributed by atoms with Crippen molar-refractivity contribution in [1.82, 2.24) is 9.55 Å². The second-order valence-electron chi connectivity index (χ2n) is 8.08.